The largest absolute Gasteiger partial charge is 0.320 e. The summed E-state index contributed by atoms with van der Waals surface area (Å²) in [6, 6.07) is 0. The van der Waals surface area contributed by atoms with Gasteiger partial charge < -0.3 is 10.2 Å². The Hall–Kier alpha value is -0.0800. The first-order valence-electron chi connectivity index (χ1n) is 6.14. The second-order valence-corrected chi connectivity index (χ2v) is 4.17. The molecule has 2 nitrogen and oxygen atoms in total. The Morgan fingerprint density at radius 1 is 0.929 bits per heavy atom. The van der Waals surface area contributed by atoms with Crippen LogP contribution in [-0.2, 0) is 0 Å². The van der Waals surface area contributed by atoms with Crippen LogP contribution in [0.1, 0.15) is 45.4 Å². The predicted octanol–water partition coefficient (Wildman–Crippen LogP) is 2.50. The molecule has 0 aliphatic rings. The maximum absolute atomic E-state index is 3.18. The highest BCUT2D eigenvalue weighted by Crippen LogP contribution is 2.01. The van der Waals surface area contributed by atoms with Crippen molar-refractivity contribution in [1.82, 2.24) is 10.2 Å². The highest BCUT2D eigenvalue weighted by atomic mass is 15.1. The van der Waals surface area contributed by atoms with E-state index in [1.165, 1.54) is 58.2 Å². The van der Waals surface area contributed by atoms with Crippen molar-refractivity contribution in [3.8, 4) is 0 Å². The second kappa shape index (κ2) is 11.0. The zero-order valence-corrected chi connectivity index (χ0v) is 10.3. The summed E-state index contributed by atoms with van der Waals surface area (Å²) in [5.41, 5.74) is 0. The minimum absolute atomic E-state index is 1.17. The molecule has 0 heterocycles. The van der Waals surface area contributed by atoms with E-state index in [-0.39, 0.29) is 0 Å². The maximum Gasteiger partial charge on any atom is -0.00218 e. The van der Waals surface area contributed by atoms with Gasteiger partial charge in [0.2, 0.25) is 0 Å². The van der Waals surface area contributed by atoms with E-state index < -0.39 is 0 Å². The van der Waals surface area contributed by atoms with E-state index in [9.17, 15) is 0 Å². The van der Waals surface area contributed by atoms with Crippen LogP contribution >= 0.6 is 0 Å². The Bertz CT molecular complexity index is 104. The topological polar surface area (TPSA) is 15.3 Å². The number of hydrogen-bond donors (Lipinski definition) is 1. The van der Waals surface area contributed by atoms with Gasteiger partial charge in [-0.05, 0) is 53.0 Å². The summed E-state index contributed by atoms with van der Waals surface area (Å²) in [7, 11) is 4.27. The van der Waals surface area contributed by atoms with E-state index in [0.717, 1.165) is 0 Å². The molecule has 0 aliphatic carbocycles. The molecule has 0 saturated carbocycles. The summed E-state index contributed by atoms with van der Waals surface area (Å²) in [5, 5.41) is 3.18. The fraction of sp³-hybridized carbons (Fsp3) is 1.00. The van der Waals surface area contributed by atoms with Gasteiger partial charge >= 0.3 is 0 Å². The van der Waals surface area contributed by atoms with Crippen molar-refractivity contribution in [2.45, 2.75) is 45.4 Å². The van der Waals surface area contributed by atoms with Gasteiger partial charge in [0, 0.05) is 0 Å². The molecule has 0 spiro atoms. The Labute approximate surface area is 90.1 Å². The van der Waals surface area contributed by atoms with Crippen LogP contribution in [0.2, 0.25) is 0 Å². The van der Waals surface area contributed by atoms with Gasteiger partial charge in [-0.3, -0.25) is 0 Å². The summed E-state index contributed by atoms with van der Waals surface area (Å²) in [5.74, 6) is 0. The van der Waals surface area contributed by atoms with Crippen molar-refractivity contribution >= 4 is 0 Å². The minimum Gasteiger partial charge on any atom is -0.320 e. The summed E-state index contributed by atoms with van der Waals surface area (Å²) < 4.78 is 0. The fourth-order valence-electron chi connectivity index (χ4n) is 1.58. The van der Waals surface area contributed by atoms with Crippen molar-refractivity contribution in [1.29, 1.82) is 0 Å². The maximum atomic E-state index is 3.18. The smallest absolute Gasteiger partial charge is 0.00218 e. The third-order valence-corrected chi connectivity index (χ3v) is 2.61. The summed E-state index contributed by atoms with van der Waals surface area (Å²) in [4.78, 5) is 2.46. The molecule has 0 bridgehead atoms. The molecule has 0 unspecified atom stereocenters. The highest BCUT2D eigenvalue weighted by molar-refractivity contribution is 4.52. The summed E-state index contributed by atoms with van der Waals surface area (Å²) >= 11 is 0. The molecular weight excluding hydrogens is 172 g/mol. The van der Waals surface area contributed by atoms with E-state index >= 15 is 0 Å². The predicted molar refractivity (Wildman–Crippen MR) is 64.8 cm³/mol. The zero-order valence-electron chi connectivity index (χ0n) is 10.3. The first kappa shape index (κ1) is 13.9. The van der Waals surface area contributed by atoms with E-state index in [0.29, 0.717) is 0 Å². The van der Waals surface area contributed by atoms with Crippen LogP contribution in [0.25, 0.3) is 0 Å². The molecule has 0 rings (SSSR count). The molecule has 14 heavy (non-hydrogen) atoms. The lowest BCUT2D eigenvalue weighted by molar-refractivity contribution is 0.318. The SMILES string of the molecule is CCCCN(C)CCCCCCNC. The monoisotopic (exact) mass is 200 g/mol. The van der Waals surface area contributed by atoms with Gasteiger partial charge in [0.1, 0.15) is 0 Å². The Kier molecular flexibility index (Phi) is 10.9. The van der Waals surface area contributed by atoms with E-state index in [2.05, 4.69) is 24.2 Å². The van der Waals surface area contributed by atoms with Gasteiger partial charge in [0.15, 0.2) is 0 Å². The molecule has 0 radical (unpaired) electrons. The van der Waals surface area contributed by atoms with Crippen molar-refractivity contribution in [2.75, 3.05) is 33.7 Å². The van der Waals surface area contributed by atoms with Crippen LogP contribution in [-0.4, -0.2) is 38.6 Å². The molecule has 0 aromatic heterocycles. The van der Waals surface area contributed by atoms with Gasteiger partial charge in [-0.2, -0.15) is 0 Å². The van der Waals surface area contributed by atoms with Crippen molar-refractivity contribution in [3.63, 3.8) is 0 Å². The summed E-state index contributed by atoms with van der Waals surface area (Å²) in [6.45, 7) is 5.98. The molecule has 86 valence electrons. The molecule has 1 N–H and O–H groups in total. The first-order chi connectivity index (χ1) is 6.81. The van der Waals surface area contributed by atoms with Crippen LogP contribution in [0, 0.1) is 0 Å². The van der Waals surface area contributed by atoms with Gasteiger partial charge in [-0.25, -0.2) is 0 Å². The van der Waals surface area contributed by atoms with Gasteiger partial charge in [-0.15, -0.1) is 0 Å². The van der Waals surface area contributed by atoms with Crippen molar-refractivity contribution in [2.24, 2.45) is 0 Å². The lowest BCUT2D eigenvalue weighted by Crippen LogP contribution is -2.20. The molecule has 0 aromatic carbocycles. The van der Waals surface area contributed by atoms with E-state index in [1.807, 2.05) is 7.05 Å². The standard InChI is InChI=1S/C12H28N2/c1-4-5-11-14(3)12-9-7-6-8-10-13-2/h13H,4-12H2,1-3H3. The average molecular weight is 200 g/mol. The highest BCUT2D eigenvalue weighted by Gasteiger charge is 1.96. The number of rotatable bonds is 10. The number of unbranched alkanes of at least 4 members (excludes halogenated alkanes) is 4. The molecule has 0 atom stereocenters. The first-order valence-corrected chi connectivity index (χ1v) is 6.14. The lowest BCUT2D eigenvalue weighted by Gasteiger charge is -2.15. The third-order valence-electron chi connectivity index (χ3n) is 2.61. The Morgan fingerprint density at radius 2 is 1.57 bits per heavy atom. The quantitative estimate of drug-likeness (QED) is 0.545. The molecular formula is C12H28N2. The van der Waals surface area contributed by atoms with Crippen LogP contribution in [0.4, 0.5) is 0 Å². The average Bonchev–Trinajstić information content (AvgIpc) is 2.20. The molecule has 2 heteroatoms. The molecule has 0 amide bonds. The fourth-order valence-corrected chi connectivity index (χ4v) is 1.58. The van der Waals surface area contributed by atoms with E-state index in [4.69, 9.17) is 0 Å². The van der Waals surface area contributed by atoms with E-state index in [1.54, 1.807) is 0 Å². The van der Waals surface area contributed by atoms with Crippen molar-refractivity contribution in [3.05, 3.63) is 0 Å². The van der Waals surface area contributed by atoms with Gasteiger partial charge in [0.25, 0.3) is 0 Å². The van der Waals surface area contributed by atoms with Gasteiger partial charge in [0.05, 0.1) is 0 Å². The van der Waals surface area contributed by atoms with Crippen LogP contribution in [0.5, 0.6) is 0 Å². The molecule has 0 saturated heterocycles. The number of nitrogens with zero attached hydrogens (tertiary/aromatic N) is 1. The Balaban J connectivity index is 3.02. The van der Waals surface area contributed by atoms with Crippen molar-refractivity contribution < 1.29 is 0 Å². The third kappa shape index (κ3) is 10.0. The molecule has 0 aromatic rings. The number of hydrogen-bond acceptors (Lipinski definition) is 2. The van der Waals surface area contributed by atoms with Crippen LogP contribution in [0.15, 0.2) is 0 Å². The minimum atomic E-state index is 1.17. The van der Waals surface area contributed by atoms with Gasteiger partial charge in [-0.1, -0.05) is 26.2 Å². The molecule has 0 fully saturated rings. The lowest BCUT2D eigenvalue weighted by atomic mass is 10.2. The summed E-state index contributed by atoms with van der Waals surface area (Å²) in [6.07, 6.45) is 8.11. The second-order valence-electron chi connectivity index (χ2n) is 4.17. The van der Waals surface area contributed by atoms with Crippen LogP contribution < -0.4 is 5.32 Å². The zero-order chi connectivity index (χ0) is 10.6. The Morgan fingerprint density at radius 3 is 2.21 bits per heavy atom. The normalized spacial score (nSPS) is 11.1. The van der Waals surface area contributed by atoms with Crippen LogP contribution in [0.3, 0.4) is 0 Å². The molecule has 0 aliphatic heterocycles. The number of nitrogens with one attached hydrogen (secondary N) is 1.